The summed E-state index contributed by atoms with van der Waals surface area (Å²) in [5.41, 5.74) is 5.05. The van der Waals surface area contributed by atoms with Gasteiger partial charge in [-0.2, -0.15) is 5.10 Å². The van der Waals surface area contributed by atoms with Crippen molar-refractivity contribution in [1.82, 2.24) is 0 Å². The van der Waals surface area contributed by atoms with Crippen molar-refractivity contribution >= 4 is 31.1 Å². The van der Waals surface area contributed by atoms with Crippen molar-refractivity contribution in [2.75, 3.05) is 11.7 Å². The molecule has 1 aliphatic carbocycles. The first-order valence-corrected chi connectivity index (χ1v) is 12.6. The molecule has 150 valence electrons. The van der Waals surface area contributed by atoms with Gasteiger partial charge in [0.05, 0.1) is 26.4 Å². The molecule has 0 amide bonds. The molecule has 0 saturated heterocycles. The molecule has 3 rings (SSSR count). The number of hydrazone groups is 1. The van der Waals surface area contributed by atoms with E-state index in [9.17, 15) is 16.8 Å². The number of sulfone groups is 2. The lowest BCUT2D eigenvalue weighted by molar-refractivity contribution is 0.579. The molecule has 0 spiro atoms. The maximum atomic E-state index is 12.6. The average Bonchev–Trinajstić information content (AvgIpc) is 3.21. The van der Waals surface area contributed by atoms with E-state index in [0.717, 1.165) is 37.5 Å². The van der Waals surface area contributed by atoms with Crippen molar-refractivity contribution in [1.29, 1.82) is 0 Å². The molecule has 1 N–H and O–H groups in total. The molecular weight excluding hydrogens is 396 g/mol. The number of rotatable bonds is 6. The van der Waals surface area contributed by atoms with Gasteiger partial charge in [-0.15, -0.1) is 0 Å². The molecule has 0 heterocycles. The summed E-state index contributed by atoms with van der Waals surface area (Å²) in [6, 6.07) is 13.1. The van der Waals surface area contributed by atoms with Crippen LogP contribution in [0.3, 0.4) is 0 Å². The SMILES string of the molecule is CC(=NNc1ccc(S(C)(=O)=O)cc1)c1ccc(S(=O)(=O)C2CCCC2)cc1. The predicted molar refractivity (Wildman–Crippen MR) is 111 cm³/mol. The van der Waals surface area contributed by atoms with Crippen LogP contribution in [0.4, 0.5) is 5.69 Å². The van der Waals surface area contributed by atoms with E-state index in [1.807, 2.05) is 6.92 Å². The molecule has 0 aliphatic heterocycles. The molecule has 1 fully saturated rings. The van der Waals surface area contributed by atoms with E-state index in [2.05, 4.69) is 10.5 Å². The minimum absolute atomic E-state index is 0.248. The Hall–Kier alpha value is -2.19. The second kappa shape index (κ2) is 8.05. The zero-order valence-corrected chi connectivity index (χ0v) is 17.6. The van der Waals surface area contributed by atoms with Gasteiger partial charge in [0.25, 0.3) is 0 Å². The Labute approximate surface area is 166 Å². The second-order valence-corrected chi connectivity index (χ2v) is 11.3. The fraction of sp³-hybridized carbons (Fsp3) is 0.350. The first-order chi connectivity index (χ1) is 13.2. The lowest BCUT2D eigenvalue weighted by atomic mass is 10.1. The Morgan fingerprint density at radius 1 is 0.893 bits per heavy atom. The molecule has 6 nitrogen and oxygen atoms in total. The lowest BCUT2D eigenvalue weighted by Gasteiger charge is -2.11. The highest BCUT2D eigenvalue weighted by molar-refractivity contribution is 7.92. The molecule has 0 radical (unpaired) electrons. The fourth-order valence-corrected chi connectivity index (χ4v) is 5.75. The maximum Gasteiger partial charge on any atom is 0.181 e. The van der Waals surface area contributed by atoms with Crippen LogP contribution in [-0.4, -0.2) is 34.1 Å². The quantitative estimate of drug-likeness (QED) is 0.569. The first kappa shape index (κ1) is 20.5. The molecule has 0 bridgehead atoms. The van der Waals surface area contributed by atoms with Crippen LogP contribution in [0.25, 0.3) is 0 Å². The smallest absolute Gasteiger partial charge is 0.181 e. The van der Waals surface area contributed by atoms with Gasteiger partial charge in [0.2, 0.25) is 0 Å². The number of nitrogens with zero attached hydrogens (tertiary/aromatic N) is 1. The molecule has 28 heavy (non-hydrogen) atoms. The maximum absolute atomic E-state index is 12.6. The summed E-state index contributed by atoms with van der Waals surface area (Å²) in [4.78, 5) is 0.609. The highest BCUT2D eigenvalue weighted by Crippen LogP contribution is 2.29. The Balaban J connectivity index is 1.71. The number of nitrogens with one attached hydrogen (secondary N) is 1. The van der Waals surface area contributed by atoms with Crippen LogP contribution in [0.1, 0.15) is 38.2 Å². The topological polar surface area (TPSA) is 92.7 Å². The van der Waals surface area contributed by atoms with Gasteiger partial charge in [-0.1, -0.05) is 25.0 Å². The molecule has 0 aromatic heterocycles. The third-order valence-corrected chi connectivity index (χ3v) is 8.38. The second-order valence-electron chi connectivity index (χ2n) is 7.08. The normalized spacial score (nSPS) is 16.3. The van der Waals surface area contributed by atoms with E-state index in [-0.39, 0.29) is 10.1 Å². The van der Waals surface area contributed by atoms with Gasteiger partial charge in [0, 0.05) is 6.26 Å². The van der Waals surface area contributed by atoms with Crippen molar-refractivity contribution in [3.05, 3.63) is 54.1 Å². The molecular formula is C20H24N2O4S2. The molecule has 8 heteroatoms. The number of hydrogen-bond donors (Lipinski definition) is 1. The van der Waals surface area contributed by atoms with Crippen LogP contribution in [0.5, 0.6) is 0 Å². The predicted octanol–water partition coefficient (Wildman–Crippen LogP) is 3.64. The molecule has 2 aromatic carbocycles. The van der Waals surface area contributed by atoms with E-state index in [0.29, 0.717) is 16.3 Å². The van der Waals surface area contributed by atoms with Gasteiger partial charge in [-0.25, -0.2) is 16.8 Å². The highest BCUT2D eigenvalue weighted by atomic mass is 32.2. The van der Waals surface area contributed by atoms with E-state index in [4.69, 9.17) is 0 Å². The molecule has 2 aromatic rings. The largest absolute Gasteiger partial charge is 0.278 e. The standard InChI is InChI=1S/C20H24N2O4S2/c1-15(21-22-17-9-13-18(14-10-17)27(2,23)24)16-7-11-20(12-8-16)28(25,26)19-5-3-4-6-19/h7-14,19,22H,3-6H2,1-2H3. The van der Waals surface area contributed by atoms with Crippen LogP contribution < -0.4 is 5.43 Å². The van der Waals surface area contributed by atoms with E-state index in [1.54, 1.807) is 36.4 Å². The summed E-state index contributed by atoms with van der Waals surface area (Å²) in [6.07, 6.45) is 4.60. The summed E-state index contributed by atoms with van der Waals surface area (Å²) in [7, 11) is -6.49. The van der Waals surface area contributed by atoms with E-state index in [1.165, 1.54) is 12.1 Å². The Bertz CT molecular complexity index is 1070. The summed E-state index contributed by atoms with van der Waals surface area (Å²) in [5, 5.41) is 4.03. The van der Waals surface area contributed by atoms with Crippen molar-refractivity contribution in [2.24, 2.45) is 5.10 Å². The van der Waals surface area contributed by atoms with Gasteiger partial charge >= 0.3 is 0 Å². The van der Waals surface area contributed by atoms with Gasteiger partial charge in [0.15, 0.2) is 19.7 Å². The van der Waals surface area contributed by atoms with Crippen LogP contribution in [-0.2, 0) is 19.7 Å². The molecule has 1 saturated carbocycles. The summed E-state index contributed by atoms with van der Waals surface area (Å²) in [6.45, 7) is 1.82. The van der Waals surface area contributed by atoms with Crippen LogP contribution in [0, 0.1) is 0 Å². The summed E-state index contributed by atoms with van der Waals surface area (Å²) < 4.78 is 48.3. The lowest BCUT2D eigenvalue weighted by Crippen LogP contribution is -2.17. The van der Waals surface area contributed by atoms with Gasteiger partial charge in [-0.3, -0.25) is 5.43 Å². The number of benzene rings is 2. The molecule has 0 atom stereocenters. The van der Waals surface area contributed by atoms with E-state index < -0.39 is 19.7 Å². The Morgan fingerprint density at radius 2 is 1.43 bits per heavy atom. The minimum Gasteiger partial charge on any atom is -0.278 e. The van der Waals surface area contributed by atoms with Crippen molar-refractivity contribution in [2.45, 2.75) is 47.6 Å². The molecule has 0 unspecified atom stereocenters. The van der Waals surface area contributed by atoms with Gasteiger partial charge in [-0.05, 0) is 61.7 Å². The average molecular weight is 421 g/mol. The zero-order valence-electron chi connectivity index (χ0n) is 15.9. The molecule has 1 aliphatic rings. The number of anilines is 1. The Morgan fingerprint density at radius 3 is 1.96 bits per heavy atom. The van der Waals surface area contributed by atoms with Crippen LogP contribution in [0.2, 0.25) is 0 Å². The van der Waals surface area contributed by atoms with Crippen LogP contribution >= 0.6 is 0 Å². The zero-order chi connectivity index (χ0) is 20.4. The van der Waals surface area contributed by atoms with Crippen molar-refractivity contribution in [3.63, 3.8) is 0 Å². The monoisotopic (exact) mass is 420 g/mol. The fourth-order valence-electron chi connectivity index (χ4n) is 3.27. The minimum atomic E-state index is -3.26. The summed E-state index contributed by atoms with van der Waals surface area (Å²) in [5.74, 6) is 0. The van der Waals surface area contributed by atoms with Gasteiger partial charge in [0.1, 0.15) is 0 Å². The van der Waals surface area contributed by atoms with Gasteiger partial charge < -0.3 is 0 Å². The third kappa shape index (κ3) is 4.62. The number of hydrogen-bond acceptors (Lipinski definition) is 6. The Kier molecular flexibility index (Phi) is 5.90. The summed E-state index contributed by atoms with van der Waals surface area (Å²) >= 11 is 0. The van der Waals surface area contributed by atoms with E-state index >= 15 is 0 Å². The first-order valence-electron chi connectivity index (χ1n) is 9.13. The van der Waals surface area contributed by atoms with Crippen molar-refractivity contribution < 1.29 is 16.8 Å². The highest BCUT2D eigenvalue weighted by Gasteiger charge is 2.30. The third-order valence-electron chi connectivity index (χ3n) is 4.98. The van der Waals surface area contributed by atoms with Crippen LogP contribution in [0.15, 0.2) is 63.4 Å². The van der Waals surface area contributed by atoms with Crippen molar-refractivity contribution in [3.8, 4) is 0 Å².